The molecule has 0 bridgehead atoms. The molecule has 3 nitrogen and oxygen atoms in total. The van der Waals surface area contributed by atoms with Crippen molar-refractivity contribution in [2.45, 2.75) is 53.0 Å². The summed E-state index contributed by atoms with van der Waals surface area (Å²) in [6.07, 6.45) is 4.23. The smallest absolute Gasteiger partial charge is 0.147 e. The Bertz CT molecular complexity index is 304. The molecule has 0 aliphatic rings. The van der Waals surface area contributed by atoms with Crippen LogP contribution in [0.15, 0.2) is 0 Å². The van der Waals surface area contributed by atoms with E-state index in [4.69, 9.17) is 0 Å². The molecule has 0 heterocycles. The van der Waals surface area contributed by atoms with Crippen LogP contribution in [-0.2, 0) is 9.84 Å². The van der Waals surface area contributed by atoms with E-state index in [1.807, 2.05) is 7.05 Å². The molecular formula is C13H29NO2S. The highest BCUT2D eigenvalue weighted by molar-refractivity contribution is 7.90. The average molecular weight is 263 g/mol. The Kier molecular flexibility index (Phi) is 6.70. The molecule has 0 aliphatic carbocycles. The molecular weight excluding hydrogens is 234 g/mol. The van der Waals surface area contributed by atoms with Crippen molar-refractivity contribution in [1.29, 1.82) is 0 Å². The average Bonchev–Trinajstić information content (AvgIpc) is 2.07. The molecule has 0 radical (unpaired) electrons. The number of nitrogens with one attached hydrogen (secondary N) is 1. The fraction of sp³-hybridized carbons (Fsp3) is 1.00. The lowest BCUT2D eigenvalue weighted by Crippen LogP contribution is -2.30. The van der Waals surface area contributed by atoms with Gasteiger partial charge in [-0.1, -0.05) is 27.7 Å². The molecule has 0 spiro atoms. The molecule has 0 aromatic rings. The highest BCUT2D eigenvalue weighted by Crippen LogP contribution is 2.27. The van der Waals surface area contributed by atoms with Crippen LogP contribution < -0.4 is 5.32 Å². The fourth-order valence-electron chi connectivity index (χ4n) is 2.35. The van der Waals surface area contributed by atoms with E-state index in [-0.39, 0.29) is 5.75 Å². The Morgan fingerprint density at radius 1 is 1.24 bits per heavy atom. The van der Waals surface area contributed by atoms with Crippen molar-refractivity contribution in [2.75, 3.05) is 19.1 Å². The Morgan fingerprint density at radius 3 is 2.12 bits per heavy atom. The van der Waals surface area contributed by atoms with Crippen molar-refractivity contribution in [1.82, 2.24) is 5.32 Å². The molecule has 17 heavy (non-hydrogen) atoms. The molecule has 0 aromatic carbocycles. The van der Waals surface area contributed by atoms with E-state index in [1.165, 1.54) is 12.7 Å². The van der Waals surface area contributed by atoms with E-state index in [1.54, 1.807) is 0 Å². The molecule has 0 rings (SSSR count). The van der Waals surface area contributed by atoms with Crippen LogP contribution in [0.5, 0.6) is 0 Å². The van der Waals surface area contributed by atoms with Crippen molar-refractivity contribution in [3.63, 3.8) is 0 Å². The van der Waals surface area contributed by atoms with Gasteiger partial charge in [-0.05, 0) is 37.6 Å². The summed E-state index contributed by atoms with van der Waals surface area (Å²) < 4.78 is 22.3. The van der Waals surface area contributed by atoms with Crippen LogP contribution in [0.3, 0.4) is 0 Å². The SMILES string of the molecule is CNC(CCS(C)(=O)=O)CC(C)CC(C)(C)C. The lowest BCUT2D eigenvalue weighted by Gasteiger charge is -2.26. The minimum atomic E-state index is -2.84. The molecule has 4 heteroatoms. The van der Waals surface area contributed by atoms with Crippen LogP contribution >= 0.6 is 0 Å². The second-order valence-electron chi connectivity index (χ2n) is 6.51. The summed E-state index contributed by atoms with van der Waals surface area (Å²) in [4.78, 5) is 0. The molecule has 1 N–H and O–H groups in total. The van der Waals surface area contributed by atoms with E-state index >= 15 is 0 Å². The molecule has 104 valence electrons. The fourth-order valence-corrected chi connectivity index (χ4v) is 3.06. The topological polar surface area (TPSA) is 46.2 Å². The van der Waals surface area contributed by atoms with E-state index in [2.05, 4.69) is 33.0 Å². The minimum absolute atomic E-state index is 0.279. The molecule has 0 saturated heterocycles. The second kappa shape index (κ2) is 6.74. The maximum absolute atomic E-state index is 11.1. The lowest BCUT2D eigenvalue weighted by atomic mass is 9.82. The first-order chi connectivity index (χ1) is 7.53. The van der Waals surface area contributed by atoms with Gasteiger partial charge >= 0.3 is 0 Å². The van der Waals surface area contributed by atoms with Crippen LogP contribution in [0.4, 0.5) is 0 Å². The third kappa shape index (κ3) is 10.8. The first kappa shape index (κ1) is 16.9. The van der Waals surface area contributed by atoms with Crippen molar-refractivity contribution < 1.29 is 8.42 Å². The summed E-state index contributed by atoms with van der Waals surface area (Å²) in [5.74, 6) is 0.896. The van der Waals surface area contributed by atoms with Crippen LogP contribution in [0, 0.1) is 11.3 Å². The third-order valence-electron chi connectivity index (χ3n) is 2.89. The van der Waals surface area contributed by atoms with Crippen molar-refractivity contribution >= 4 is 9.84 Å². The van der Waals surface area contributed by atoms with Gasteiger partial charge in [0.2, 0.25) is 0 Å². The van der Waals surface area contributed by atoms with Crippen molar-refractivity contribution in [2.24, 2.45) is 11.3 Å². The van der Waals surface area contributed by atoms with Gasteiger partial charge in [-0.25, -0.2) is 8.42 Å². The minimum Gasteiger partial charge on any atom is -0.317 e. The number of rotatable bonds is 7. The zero-order valence-electron chi connectivity index (χ0n) is 12.2. The summed E-state index contributed by atoms with van der Waals surface area (Å²) in [7, 11) is -0.927. The normalized spacial score (nSPS) is 16.8. The Hall–Kier alpha value is -0.0900. The first-order valence-electron chi connectivity index (χ1n) is 6.38. The molecule has 0 aliphatic heterocycles. The summed E-state index contributed by atoms with van der Waals surface area (Å²) in [6, 6.07) is 0.307. The van der Waals surface area contributed by atoms with Crippen LogP contribution in [0.2, 0.25) is 0 Å². The van der Waals surface area contributed by atoms with Gasteiger partial charge in [0.1, 0.15) is 9.84 Å². The predicted molar refractivity (Wildman–Crippen MR) is 75.0 cm³/mol. The van der Waals surface area contributed by atoms with Gasteiger partial charge in [-0.3, -0.25) is 0 Å². The van der Waals surface area contributed by atoms with E-state index in [0.717, 1.165) is 6.42 Å². The van der Waals surface area contributed by atoms with Crippen LogP contribution in [0.25, 0.3) is 0 Å². The Labute approximate surface area is 107 Å². The number of hydrogen-bond donors (Lipinski definition) is 1. The van der Waals surface area contributed by atoms with Gasteiger partial charge in [0, 0.05) is 12.3 Å². The van der Waals surface area contributed by atoms with Gasteiger partial charge in [-0.15, -0.1) is 0 Å². The standard InChI is InChI=1S/C13H29NO2S/c1-11(10-13(2,3)4)9-12(14-5)7-8-17(6,15)16/h11-12,14H,7-10H2,1-6H3. The highest BCUT2D eigenvalue weighted by Gasteiger charge is 2.19. The predicted octanol–water partition coefficient (Wildman–Crippen LogP) is 2.47. The van der Waals surface area contributed by atoms with Crippen LogP contribution in [0.1, 0.15) is 47.0 Å². The van der Waals surface area contributed by atoms with Gasteiger partial charge in [-0.2, -0.15) is 0 Å². The maximum Gasteiger partial charge on any atom is 0.147 e. The molecule has 0 fully saturated rings. The number of sulfone groups is 1. The zero-order valence-corrected chi connectivity index (χ0v) is 13.0. The number of hydrogen-bond acceptors (Lipinski definition) is 3. The van der Waals surface area contributed by atoms with Crippen molar-refractivity contribution in [3.8, 4) is 0 Å². The van der Waals surface area contributed by atoms with Crippen molar-refractivity contribution in [3.05, 3.63) is 0 Å². The quantitative estimate of drug-likeness (QED) is 0.767. The molecule has 0 amide bonds. The first-order valence-corrected chi connectivity index (χ1v) is 8.44. The summed E-state index contributed by atoms with van der Waals surface area (Å²) in [6.45, 7) is 8.98. The van der Waals surface area contributed by atoms with E-state index in [9.17, 15) is 8.42 Å². The molecule has 2 atom stereocenters. The second-order valence-corrected chi connectivity index (χ2v) is 8.77. The van der Waals surface area contributed by atoms with E-state index in [0.29, 0.717) is 23.8 Å². The highest BCUT2D eigenvalue weighted by atomic mass is 32.2. The largest absolute Gasteiger partial charge is 0.317 e. The van der Waals surface area contributed by atoms with Gasteiger partial charge in [0.15, 0.2) is 0 Å². The van der Waals surface area contributed by atoms with Gasteiger partial charge < -0.3 is 5.32 Å². The van der Waals surface area contributed by atoms with Gasteiger partial charge in [0.05, 0.1) is 5.75 Å². The van der Waals surface area contributed by atoms with E-state index < -0.39 is 9.84 Å². The van der Waals surface area contributed by atoms with Gasteiger partial charge in [0.25, 0.3) is 0 Å². The molecule has 0 saturated carbocycles. The molecule has 0 aromatic heterocycles. The Morgan fingerprint density at radius 2 is 1.76 bits per heavy atom. The maximum atomic E-state index is 11.1. The Balaban J connectivity index is 4.13. The lowest BCUT2D eigenvalue weighted by molar-refractivity contribution is 0.276. The third-order valence-corrected chi connectivity index (χ3v) is 3.87. The monoisotopic (exact) mass is 263 g/mol. The summed E-state index contributed by atoms with van der Waals surface area (Å²) in [5, 5.41) is 3.23. The summed E-state index contributed by atoms with van der Waals surface area (Å²) in [5.41, 5.74) is 0.342. The summed E-state index contributed by atoms with van der Waals surface area (Å²) >= 11 is 0. The van der Waals surface area contributed by atoms with Crippen LogP contribution in [-0.4, -0.2) is 33.5 Å². The molecule has 2 unspecified atom stereocenters. The zero-order chi connectivity index (χ0) is 13.7.